The van der Waals surface area contributed by atoms with Crippen LogP contribution in [0.4, 0.5) is 16.2 Å². The SMILES string of the molecule is COc1c(C#Cc2ccc(NS(C)(=O)=O)c(Cl)c2)cc(N2C(=O)CCNC2=O)cc1C(C)(C)C. The number of carbonyl (C=O) groups is 2. The summed E-state index contributed by atoms with van der Waals surface area (Å²) < 4.78 is 31.0. The molecule has 0 unspecified atom stereocenters. The number of nitrogens with zero attached hydrogens (tertiary/aromatic N) is 1. The largest absolute Gasteiger partial charge is 0.495 e. The van der Waals surface area contributed by atoms with Gasteiger partial charge < -0.3 is 10.1 Å². The van der Waals surface area contributed by atoms with Gasteiger partial charge in [0.15, 0.2) is 0 Å². The number of methoxy groups -OCH3 is 1. The summed E-state index contributed by atoms with van der Waals surface area (Å²) in [6, 6.07) is 7.64. The van der Waals surface area contributed by atoms with E-state index >= 15 is 0 Å². The second-order valence-corrected chi connectivity index (χ2v) is 11.0. The van der Waals surface area contributed by atoms with E-state index in [1.54, 1.807) is 24.3 Å². The van der Waals surface area contributed by atoms with E-state index in [1.807, 2.05) is 20.8 Å². The Morgan fingerprint density at radius 2 is 1.85 bits per heavy atom. The number of anilines is 2. The fraction of sp³-hybridized carbons (Fsp3) is 0.333. The van der Waals surface area contributed by atoms with Gasteiger partial charge in [0.25, 0.3) is 0 Å². The van der Waals surface area contributed by atoms with Gasteiger partial charge in [0.05, 0.1) is 35.3 Å². The van der Waals surface area contributed by atoms with E-state index in [1.165, 1.54) is 13.2 Å². The zero-order valence-electron chi connectivity index (χ0n) is 19.6. The molecule has 10 heteroatoms. The zero-order valence-corrected chi connectivity index (χ0v) is 21.1. The quantitative estimate of drug-likeness (QED) is 0.616. The van der Waals surface area contributed by atoms with Gasteiger partial charge in [-0.3, -0.25) is 9.52 Å². The van der Waals surface area contributed by atoms with E-state index in [0.29, 0.717) is 29.1 Å². The molecule has 2 aromatic rings. The summed E-state index contributed by atoms with van der Waals surface area (Å²) in [5, 5.41) is 2.89. The number of halogens is 1. The number of imide groups is 1. The summed E-state index contributed by atoms with van der Waals surface area (Å²) in [4.78, 5) is 26.1. The number of urea groups is 1. The van der Waals surface area contributed by atoms with Crippen molar-refractivity contribution in [2.24, 2.45) is 0 Å². The Bertz CT molecular complexity index is 1300. The topological polar surface area (TPSA) is 105 Å². The molecule has 0 bridgehead atoms. The van der Waals surface area contributed by atoms with E-state index in [2.05, 4.69) is 21.9 Å². The third kappa shape index (κ3) is 5.82. The van der Waals surface area contributed by atoms with Crippen molar-refractivity contribution in [3.05, 3.63) is 52.0 Å². The van der Waals surface area contributed by atoms with E-state index in [4.69, 9.17) is 16.3 Å². The van der Waals surface area contributed by atoms with Gasteiger partial charge in [0.1, 0.15) is 5.75 Å². The lowest BCUT2D eigenvalue weighted by molar-refractivity contribution is -0.118. The van der Waals surface area contributed by atoms with Crippen molar-refractivity contribution in [2.45, 2.75) is 32.6 Å². The molecule has 0 atom stereocenters. The van der Waals surface area contributed by atoms with Crippen molar-refractivity contribution in [3.63, 3.8) is 0 Å². The van der Waals surface area contributed by atoms with Gasteiger partial charge in [-0.2, -0.15) is 0 Å². The number of carbonyl (C=O) groups excluding carboxylic acids is 2. The maximum atomic E-state index is 12.5. The maximum Gasteiger partial charge on any atom is 0.328 e. The average molecular weight is 504 g/mol. The predicted octanol–water partition coefficient (Wildman–Crippen LogP) is 3.86. The highest BCUT2D eigenvalue weighted by Crippen LogP contribution is 2.38. The molecule has 0 spiro atoms. The van der Waals surface area contributed by atoms with Gasteiger partial charge in [-0.15, -0.1) is 0 Å². The molecular formula is C24H26ClN3O5S. The Hall–Kier alpha value is -3.22. The standard InChI is InChI=1S/C24H26ClN3O5S/c1-24(2,3)18-14-17(28-21(29)10-11-26-23(28)30)13-16(22(18)33-4)8-6-15-7-9-20(19(25)12-15)27-34(5,31)32/h7,9,12-14,27H,10-11H2,1-5H3,(H,26,30). The predicted molar refractivity (Wildman–Crippen MR) is 133 cm³/mol. The Labute approximate surface area is 204 Å². The maximum absolute atomic E-state index is 12.5. The smallest absolute Gasteiger partial charge is 0.328 e. The lowest BCUT2D eigenvalue weighted by Gasteiger charge is -2.29. The second kappa shape index (κ2) is 9.57. The molecule has 0 aromatic heterocycles. The van der Waals surface area contributed by atoms with Crippen LogP contribution in [0.2, 0.25) is 5.02 Å². The number of benzene rings is 2. The van der Waals surface area contributed by atoms with Crippen LogP contribution >= 0.6 is 11.6 Å². The number of sulfonamides is 1. The van der Waals surface area contributed by atoms with E-state index in [0.717, 1.165) is 16.7 Å². The van der Waals surface area contributed by atoms with Crippen molar-refractivity contribution < 1.29 is 22.7 Å². The normalized spacial score (nSPS) is 14.2. The van der Waals surface area contributed by atoms with Crippen LogP contribution in [0.3, 0.4) is 0 Å². The Balaban J connectivity index is 2.11. The first-order valence-corrected chi connectivity index (χ1v) is 12.7. The fourth-order valence-electron chi connectivity index (χ4n) is 3.47. The van der Waals surface area contributed by atoms with Crippen LogP contribution in [0.5, 0.6) is 5.75 Å². The molecule has 1 saturated heterocycles. The fourth-order valence-corrected chi connectivity index (χ4v) is 4.33. The number of ether oxygens (including phenoxy) is 1. The van der Waals surface area contributed by atoms with Crippen molar-refractivity contribution in [1.29, 1.82) is 0 Å². The monoisotopic (exact) mass is 503 g/mol. The summed E-state index contributed by atoms with van der Waals surface area (Å²) in [5.74, 6) is 6.30. The first-order valence-electron chi connectivity index (χ1n) is 10.4. The van der Waals surface area contributed by atoms with Gasteiger partial charge in [-0.1, -0.05) is 44.2 Å². The van der Waals surface area contributed by atoms with E-state index in [-0.39, 0.29) is 28.5 Å². The first kappa shape index (κ1) is 25.4. The van der Waals surface area contributed by atoms with Crippen LogP contribution in [-0.2, 0) is 20.2 Å². The third-order valence-corrected chi connectivity index (χ3v) is 5.92. The third-order valence-electron chi connectivity index (χ3n) is 5.02. The molecule has 1 fully saturated rings. The zero-order chi connectivity index (χ0) is 25.3. The van der Waals surface area contributed by atoms with Gasteiger partial charge in [0, 0.05) is 24.1 Å². The molecule has 8 nitrogen and oxygen atoms in total. The van der Waals surface area contributed by atoms with Crippen LogP contribution in [-0.4, -0.2) is 40.3 Å². The van der Waals surface area contributed by atoms with Gasteiger partial charge in [-0.05, 0) is 35.7 Å². The van der Waals surface area contributed by atoms with Gasteiger partial charge >= 0.3 is 6.03 Å². The van der Waals surface area contributed by atoms with Crippen molar-refractivity contribution >= 4 is 44.9 Å². The van der Waals surface area contributed by atoms with Crippen LogP contribution in [0, 0.1) is 11.8 Å². The molecule has 1 aliphatic rings. The summed E-state index contributed by atoms with van der Waals surface area (Å²) in [5.41, 5.74) is 2.11. The number of rotatable bonds is 4. The molecule has 2 N–H and O–H groups in total. The summed E-state index contributed by atoms with van der Waals surface area (Å²) in [7, 11) is -1.93. The lowest BCUT2D eigenvalue weighted by Crippen LogP contribution is -2.50. The van der Waals surface area contributed by atoms with E-state index in [9.17, 15) is 18.0 Å². The minimum atomic E-state index is -3.47. The minimum absolute atomic E-state index is 0.198. The summed E-state index contributed by atoms with van der Waals surface area (Å²) in [6.07, 6.45) is 1.24. The first-order chi connectivity index (χ1) is 15.8. The highest BCUT2D eigenvalue weighted by Gasteiger charge is 2.30. The molecular weight excluding hydrogens is 478 g/mol. The molecule has 2 aromatic carbocycles. The van der Waals surface area contributed by atoms with Crippen molar-refractivity contribution in [3.8, 4) is 17.6 Å². The summed E-state index contributed by atoms with van der Waals surface area (Å²) in [6.45, 7) is 6.29. The number of hydrogen-bond acceptors (Lipinski definition) is 5. The second-order valence-electron chi connectivity index (χ2n) is 8.85. The average Bonchev–Trinajstić information content (AvgIpc) is 2.72. The Morgan fingerprint density at radius 1 is 1.15 bits per heavy atom. The molecule has 3 amide bonds. The molecule has 1 aliphatic heterocycles. The van der Waals surface area contributed by atoms with Crippen LogP contribution in [0.1, 0.15) is 43.9 Å². The lowest BCUT2D eigenvalue weighted by atomic mass is 9.84. The van der Waals surface area contributed by atoms with E-state index < -0.39 is 16.1 Å². The molecule has 180 valence electrons. The highest BCUT2D eigenvalue weighted by molar-refractivity contribution is 7.92. The number of amides is 3. The van der Waals surface area contributed by atoms with Gasteiger partial charge in [-0.25, -0.2) is 18.1 Å². The number of hydrogen-bond donors (Lipinski definition) is 2. The molecule has 1 heterocycles. The van der Waals surface area contributed by atoms with Crippen molar-refractivity contribution in [1.82, 2.24) is 5.32 Å². The highest BCUT2D eigenvalue weighted by atomic mass is 35.5. The van der Waals surface area contributed by atoms with Crippen molar-refractivity contribution in [2.75, 3.05) is 29.5 Å². The molecule has 0 radical (unpaired) electrons. The molecule has 3 rings (SSSR count). The molecule has 34 heavy (non-hydrogen) atoms. The minimum Gasteiger partial charge on any atom is -0.495 e. The molecule has 0 aliphatic carbocycles. The van der Waals surface area contributed by atoms with Crippen LogP contribution < -0.4 is 19.7 Å². The Morgan fingerprint density at radius 3 is 2.41 bits per heavy atom. The molecule has 0 saturated carbocycles. The van der Waals surface area contributed by atoms with Gasteiger partial charge in [0.2, 0.25) is 15.9 Å². The van der Waals surface area contributed by atoms with Crippen LogP contribution in [0.25, 0.3) is 0 Å². The Kier molecular flexibility index (Phi) is 7.15. The number of nitrogens with one attached hydrogen (secondary N) is 2. The van der Waals surface area contributed by atoms with Crippen LogP contribution in [0.15, 0.2) is 30.3 Å². The summed E-state index contributed by atoms with van der Waals surface area (Å²) >= 11 is 6.21.